The smallest absolute Gasteiger partial charge is 0.262 e. The standard InChI is InChI=1S/C15H11BrFNO/c16-14(10-11-4-2-1-3-5-11)15(19)18-13-8-6-12(17)7-9-13/h1-10H,(H,18,19)/b14-10+. The van der Waals surface area contributed by atoms with Crippen LogP contribution in [0.1, 0.15) is 5.56 Å². The number of carbonyl (C=O) groups is 1. The molecule has 0 saturated carbocycles. The first-order chi connectivity index (χ1) is 9.15. The van der Waals surface area contributed by atoms with E-state index in [2.05, 4.69) is 21.2 Å². The first kappa shape index (κ1) is 13.5. The SMILES string of the molecule is O=C(Nc1ccc(F)cc1)/C(Br)=C\c1ccccc1. The summed E-state index contributed by atoms with van der Waals surface area (Å²) >= 11 is 3.23. The van der Waals surface area contributed by atoms with Crippen molar-refractivity contribution in [3.8, 4) is 0 Å². The predicted octanol–water partition coefficient (Wildman–Crippen LogP) is 4.20. The molecule has 0 saturated heterocycles. The Morgan fingerprint density at radius 3 is 2.32 bits per heavy atom. The normalized spacial score (nSPS) is 11.2. The maximum atomic E-state index is 12.7. The molecule has 0 bridgehead atoms. The molecular formula is C15H11BrFNO. The molecule has 0 aliphatic rings. The van der Waals surface area contributed by atoms with Crippen LogP contribution in [0.4, 0.5) is 10.1 Å². The molecule has 1 amide bonds. The van der Waals surface area contributed by atoms with Crippen molar-refractivity contribution in [3.05, 3.63) is 70.5 Å². The van der Waals surface area contributed by atoms with E-state index in [-0.39, 0.29) is 11.7 Å². The van der Waals surface area contributed by atoms with Crippen LogP contribution < -0.4 is 5.32 Å². The minimum atomic E-state index is -0.336. The third kappa shape index (κ3) is 4.03. The topological polar surface area (TPSA) is 29.1 Å². The van der Waals surface area contributed by atoms with E-state index in [0.29, 0.717) is 10.2 Å². The third-order valence-corrected chi connectivity index (χ3v) is 3.00. The van der Waals surface area contributed by atoms with Crippen molar-refractivity contribution in [1.29, 1.82) is 0 Å². The van der Waals surface area contributed by atoms with Gasteiger partial charge in [-0.2, -0.15) is 0 Å². The van der Waals surface area contributed by atoms with Crippen molar-refractivity contribution in [2.24, 2.45) is 0 Å². The number of nitrogens with one attached hydrogen (secondary N) is 1. The number of amides is 1. The Hall–Kier alpha value is -1.94. The highest BCUT2D eigenvalue weighted by Crippen LogP contribution is 2.15. The van der Waals surface area contributed by atoms with Crippen molar-refractivity contribution in [1.82, 2.24) is 0 Å². The molecule has 0 heterocycles. The van der Waals surface area contributed by atoms with E-state index in [0.717, 1.165) is 5.56 Å². The second-order valence-corrected chi connectivity index (χ2v) is 4.72. The highest BCUT2D eigenvalue weighted by Gasteiger charge is 2.06. The monoisotopic (exact) mass is 319 g/mol. The van der Waals surface area contributed by atoms with Gasteiger partial charge in [-0.3, -0.25) is 4.79 Å². The van der Waals surface area contributed by atoms with Crippen LogP contribution >= 0.6 is 15.9 Å². The number of carbonyl (C=O) groups excluding carboxylic acids is 1. The summed E-state index contributed by atoms with van der Waals surface area (Å²) in [6.07, 6.45) is 1.72. The second-order valence-electron chi connectivity index (χ2n) is 3.86. The summed E-state index contributed by atoms with van der Waals surface area (Å²) in [6.45, 7) is 0. The minimum Gasteiger partial charge on any atom is -0.322 e. The molecule has 0 spiro atoms. The van der Waals surface area contributed by atoms with E-state index in [1.54, 1.807) is 6.08 Å². The zero-order valence-corrected chi connectivity index (χ0v) is 11.5. The summed E-state index contributed by atoms with van der Waals surface area (Å²) < 4.78 is 13.1. The Balaban J connectivity index is 2.07. The van der Waals surface area contributed by atoms with Gasteiger partial charge in [0.1, 0.15) is 5.82 Å². The van der Waals surface area contributed by atoms with Crippen LogP contribution in [0.25, 0.3) is 6.08 Å². The zero-order chi connectivity index (χ0) is 13.7. The quantitative estimate of drug-likeness (QED) is 0.844. The summed E-state index contributed by atoms with van der Waals surface area (Å²) in [4.78, 5) is 11.9. The number of halogens is 2. The number of hydrogen-bond acceptors (Lipinski definition) is 1. The number of hydrogen-bond donors (Lipinski definition) is 1. The number of benzene rings is 2. The van der Waals surface area contributed by atoms with Gasteiger partial charge in [-0.1, -0.05) is 30.3 Å². The lowest BCUT2D eigenvalue weighted by molar-refractivity contribution is -0.112. The van der Waals surface area contributed by atoms with Crippen LogP contribution in [-0.4, -0.2) is 5.91 Å². The van der Waals surface area contributed by atoms with Crippen molar-refractivity contribution in [2.45, 2.75) is 0 Å². The highest BCUT2D eigenvalue weighted by atomic mass is 79.9. The molecule has 2 aromatic carbocycles. The van der Waals surface area contributed by atoms with Gasteiger partial charge in [0, 0.05) is 5.69 Å². The minimum absolute atomic E-state index is 0.282. The van der Waals surface area contributed by atoms with E-state index < -0.39 is 0 Å². The summed E-state index contributed by atoms with van der Waals surface area (Å²) in [5, 5.41) is 2.67. The molecule has 1 N–H and O–H groups in total. The van der Waals surface area contributed by atoms with Crippen LogP contribution in [0, 0.1) is 5.82 Å². The van der Waals surface area contributed by atoms with Gasteiger partial charge in [-0.25, -0.2) is 4.39 Å². The van der Waals surface area contributed by atoms with Crippen LogP contribution in [0.5, 0.6) is 0 Å². The van der Waals surface area contributed by atoms with Gasteiger partial charge in [0.15, 0.2) is 0 Å². The lowest BCUT2D eigenvalue weighted by atomic mass is 10.2. The van der Waals surface area contributed by atoms with Crippen LogP contribution in [0.15, 0.2) is 59.1 Å². The molecule has 0 fully saturated rings. The van der Waals surface area contributed by atoms with E-state index in [9.17, 15) is 9.18 Å². The summed E-state index contributed by atoms with van der Waals surface area (Å²) in [5.74, 6) is -0.618. The summed E-state index contributed by atoms with van der Waals surface area (Å²) in [7, 11) is 0. The lowest BCUT2D eigenvalue weighted by Gasteiger charge is -2.04. The van der Waals surface area contributed by atoms with Crippen molar-refractivity contribution in [2.75, 3.05) is 5.32 Å². The molecule has 0 unspecified atom stereocenters. The summed E-state index contributed by atoms with van der Waals surface area (Å²) in [6, 6.07) is 15.1. The molecule has 0 aromatic heterocycles. The second kappa shape index (κ2) is 6.29. The van der Waals surface area contributed by atoms with Crippen LogP contribution in [-0.2, 0) is 4.79 Å². The Morgan fingerprint density at radius 1 is 1.05 bits per heavy atom. The maximum absolute atomic E-state index is 12.7. The van der Waals surface area contributed by atoms with E-state index in [1.807, 2.05) is 30.3 Å². The molecule has 2 nitrogen and oxygen atoms in total. The predicted molar refractivity (Wildman–Crippen MR) is 78.4 cm³/mol. The van der Waals surface area contributed by atoms with Crippen molar-refractivity contribution < 1.29 is 9.18 Å². The maximum Gasteiger partial charge on any atom is 0.262 e. The molecule has 0 aliphatic heterocycles. The van der Waals surface area contributed by atoms with Gasteiger partial charge in [0.2, 0.25) is 0 Å². The number of rotatable bonds is 3. The van der Waals surface area contributed by atoms with E-state index in [1.165, 1.54) is 24.3 Å². The summed E-state index contributed by atoms with van der Waals surface area (Å²) in [5.41, 5.74) is 1.47. The molecule has 0 radical (unpaired) electrons. The molecule has 2 rings (SSSR count). The fraction of sp³-hybridized carbons (Fsp3) is 0. The van der Waals surface area contributed by atoms with E-state index >= 15 is 0 Å². The highest BCUT2D eigenvalue weighted by molar-refractivity contribution is 9.12. The van der Waals surface area contributed by atoms with Gasteiger partial charge in [0.25, 0.3) is 5.91 Å². The average Bonchev–Trinajstić information content (AvgIpc) is 2.42. The van der Waals surface area contributed by atoms with Gasteiger partial charge in [-0.05, 0) is 51.8 Å². The first-order valence-corrected chi connectivity index (χ1v) is 6.43. The number of anilines is 1. The first-order valence-electron chi connectivity index (χ1n) is 5.64. The Bertz CT molecular complexity index is 593. The van der Waals surface area contributed by atoms with Gasteiger partial charge in [0.05, 0.1) is 4.48 Å². The average molecular weight is 320 g/mol. The van der Waals surface area contributed by atoms with E-state index in [4.69, 9.17) is 0 Å². The van der Waals surface area contributed by atoms with Crippen LogP contribution in [0.3, 0.4) is 0 Å². The van der Waals surface area contributed by atoms with Crippen LogP contribution in [0.2, 0.25) is 0 Å². The third-order valence-electron chi connectivity index (χ3n) is 2.41. The molecule has 0 aliphatic carbocycles. The lowest BCUT2D eigenvalue weighted by Crippen LogP contribution is -2.11. The molecule has 4 heteroatoms. The molecule has 19 heavy (non-hydrogen) atoms. The van der Waals surface area contributed by atoms with Gasteiger partial charge < -0.3 is 5.32 Å². The van der Waals surface area contributed by atoms with Gasteiger partial charge in [-0.15, -0.1) is 0 Å². The Morgan fingerprint density at radius 2 is 1.68 bits per heavy atom. The van der Waals surface area contributed by atoms with Gasteiger partial charge >= 0.3 is 0 Å². The van der Waals surface area contributed by atoms with Crippen molar-refractivity contribution >= 4 is 33.6 Å². The largest absolute Gasteiger partial charge is 0.322 e. The fourth-order valence-corrected chi connectivity index (χ4v) is 1.85. The molecule has 2 aromatic rings. The zero-order valence-electron chi connectivity index (χ0n) is 9.94. The molecule has 96 valence electrons. The fourth-order valence-electron chi connectivity index (χ4n) is 1.49. The Kier molecular flexibility index (Phi) is 4.47. The molecular weight excluding hydrogens is 309 g/mol. The van der Waals surface area contributed by atoms with Crippen molar-refractivity contribution in [3.63, 3.8) is 0 Å². The molecule has 0 atom stereocenters. The Labute approximate surface area is 119 Å².